The average Bonchev–Trinajstić information content (AvgIpc) is 2.37. The summed E-state index contributed by atoms with van der Waals surface area (Å²) in [4.78, 5) is 9.95. The summed E-state index contributed by atoms with van der Waals surface area (Å²) in [6, 6.07) is 3.37. The van der Waals surface area contributed by atoms with Crippen molar-refractivity contribution in [3.8, 4) is 0 Å². The second-order valence-corrected chi connectivity index (χ2v) is 7.25. The van der Waals surface area contributed by atoms with E-state index in [-0.39, 0.29) is 29.4 Å². The molecule has 1 saturated heterocycles. The molecule has 0 aromatic heterocycles. The van der Waals surface area contributed by atoms with Crippen molar-refractivity contribution in [3.05, 3.63) is 28.3 Å². The van der Waals surface area contributed by atoms with Gasteiger partial charge in [-0.05, 0) is 19.9 Å². The summed E-state index contributed by atoms with van der Waals surface area (Å²) < 4.78 is 32.1. The summed E-state index contributed by atoms with van der Waals surface area (Å²) in [7, 11) is -3.84. The van der Waals surface area contributed by atoms with Crippen LogP contribution >= 0.6 is 0 Å². The van der Waals surface area contributed by atoms with E-state index in [1.807, 2.05) is 0 Å². The number of nitrogens with zero attached hydrogens (tertiary/aromatic N) is 2. The van der Waals surface area contributed by atoms with Crippen molar-refractivity contribution in [1.82, 2.24) is 4.31 Å². The fourth-order valence-electron chi connectivity index (χ4n) is 2.29. The quantitative estimate of drug-likeness (QED) is 0.505. The Balaban J connectivity index is 2.47. The second kappa shape index (κ2) is 5.24. The number of morpholine rings is 1. The first-order valence-electron chi connectivity index (χ1n) is 6.31. The Hall–Kier alpha value is -1.71. The molecule has 1 aromatic rings. The van der Waals surface area contributed by atoms with E-state index in [0.29, 0.717) is 6.61 Å². The second-order valence-electron chi connectivity index (χ2n) is 5.42. The number of anilines is 1. The Morgan fingerprint density at radius 3 is 2.62 bits per heavy atom. The Morgan fingerprint density at radius 1 is 1.43 bits per heavy atom. The van der Waals surface area contributed by atoms with Gasteiger partial charge in [-0.1, -0.05) is 0 Å². The molecule has 8 nitrogen and oxygen atoms in total. The molecule has 0 atom stereocenters. The van der Waals surface area contributed by atoms with Gasteiger partial charge in [0.2, 0.25) is 10.0 Å². The molecule has 1 aromatic carbocycles. The van der Waals surface area contributed by atoms with E-state index in [0.717, 1.165) is 12.1 Å². The Morgan fingerprint density at radius 2 is 2.10 bits per heavy atom. The fourth-order valence-corrected chi connectivity index (χ4v) is 4.15. The number of nitrogen functional groups attached to an aromatic ring is 1. The van der Waals surface area contributed by atoms with Crippen molar-refractivity contribution < 1.29 is 18.1 Å². The highest BCUT2D eigenvalue weighted by Gasteiger charge is 2.40. The predicted octanol–water partition coefficient (Wildman–Crippen LogP) is 0.976. The third-order valence-electron chi connectivity index (χ3n) is 3.34. The molecule has 9 heteroatoms. The third kappa shape index (κ3) is 2.85. The molecule has 1 aliphatic heterocycles. The summed E-state index contributed by atoms with van der Waals surface area (Å²) in [5.41, 5.74) is 4.62. The van der Waals surface area contributed by atoms with Crippen molar-refractivity contribution in [1.29, 1.82) is 0 Å². The first kappa shape index (κ1) is 15.7. The van der Waals surface area contributed by atoms with Gasteiger partial charge in [-0.2, -0.15) is 4.31 Å². The highest BCUT2D eigenvalue weighted by Crippen LogP contribution is 2.31. The number of hydrogen-bond acceptors (Lipinski definition) is 6. The summed E-state index contributed by atoms with van der Waals surface area (Å²) in [6.07, 6.45) is 0. The molecule has 0 aliphatic carbocycles. The molecule has 0 saturated carbocycles. The maximum absolute atomic E-state index is 12.7. The lowest BCUT2D eigenvalue weighted by molar-refractivity contribution is -0.384. The van der Waals surface area contributed by atoms with E-state index in [1.54, 1.807) is 13.8 Å². The van der Waals surface area contributed by atoms with E-state index in [1.165, 1.54) is 10.4 Å². The molecule has 1 heterocycles. The highest BCUT2D eigenvalue weighted by atomic mass is 32.2. The molecule has 0 unspecified atom stereocenters. The SMILES string of the molecule is CC1(C)COCCN1S(=O)(=O)c1ccc([N+](=O)[O-])cc1N. The molecule has 0 amide bonds. The van der Waals surface area contributed by atoms with Crippen molar-refractivity contribution in [3.63, 3.8) is 0 Å². The van der Waals surface area contributed by atoms with Crippen LogP contribution in [0.25, 0.3) is 0 Å². The minimum Gasteiger partial charge on any atom is -0.397 e. The number of ether oxygens (including phenoxy) is 1. The number of nitro benzene ring substituents is 1. The zero-order valence-electron chi connectivity index (χ0n) is 11.8. The van der Waals surface area contributed by atoms with Gasteiger partial charge in [0.25, 0.3) is 5.69 Å². The molecule has 21 heavy (non-hydrogen) atoms. The maximum atomic E-state index is 12.7. The van der Waals surface area contributed by atoms with Gasteiger partial charge in [-0.25, -0.2) is 8.42 Å². The Labute approximate surface area is 122 Å². The monoisotopic (exact) mass is 315 g/mol. The first-order valence-corrected chi connectivity index (χ1v) is 7.75. The number of benzene rings is 1. The van der Waals surface area contributed by atoms with Crippen LogP contribution in [0.4, 0.5) is 11.4 Å². The van der Waals surface area contributed by atoms with Gasteiger partial charge in [0.1, 0.15) is 4.90 Å². The number of hydrogen-bond donors (Lipinski definition) is 1. The minimum atomic E-state index is -3.84. The van der Waals surface area contributed by atoms with Gasteiger partial charge in [0, 0.05) is 18.7 Å². The minimum absolute atomic E-state index is 0.122. The molecule has 116 valence electrons. The van der Waals surface area contributed by atoms with Crippen molar-refractivity contribution >= 4 is 21.4 Å². The highest BCUT2D eigenvalue weighted by molar-refractivity contribution is 7.89. The number of sulfonamides is 1. The maximum Gasteiger partial charge on any atom is 0.271 e. The molecular formula is C12H17N3O5S. The summed E-state index contributed by atoms with van der Waals surface area (Å²) in [6.45, 7) is 4.30. The van der Waals surface area contributed by atoms with Crippen molar-refractivity contribution in [2.24, 2.45) is 0 Å². The third-order valence-corrected chi connectivity index (χ3v) is 5.53. The average molecular weight is 315 g/mol. The number of non-ortho nitro benzene ring substituents is 1. The van der Waals surface area contributed by atoms with Crippen LogP contribution < -0.4 is 5.73 Å². The lowest BCUT2D eigenvalue weighted by atomic mass is 10.1. The van der Waals surface area contributed by atoms with Crippen LogP contribution in [0, 0.1) is 10.1 Å². The number of nitro groups is 1. The lowest BCUT2D eigenvalue weighted by Gasteiger charge is -2.40. The Kier molecular flexibility index (Phi) is 3.91. The Bertz CT molecular complexity index is 671. The zero-order valence-corrected chi connectivity index (χ0v) is 12.6. The summed E-state index contributed by atoms with van der Waals surface area (Å²) in [5, 5.41) is 10.7. The van der Waals surface area contributed by atoms with Gasteiger partial charge >= 0.3 is 0 Å². The number of rotatable bonds is 3. The molecule has 1 fully saturated rings. The van der Waals surface area contributed by atoms with E-state index >= 15 is 0 Å². The fraction of sp³-hybridized carbons (Fsp3) is 0.500. The van der Waals surface area contributed by atoms with E-state index in [2.05, 4.69) is 0 Å². The predicted molar refractivity (Wildman–Crippen MR) is 76.3 cm³/mol. The molecule has 0 radical (unpaired) electrons. The van der Waals surface area contributed by atoms with E-state index < -0.39 is 20.5 Å². The topological polar surface area (TPSA) is 116 Å². The van der Waals surface area contributed by atoms with Gasteiger partial charge < -0.3 is 10.5 Å². The van der Waals surface area contributed by atoms with Crippen LogP contribution in [0.15, 0.2) is 23.1 Å². The lowest BCUT2D eigenvalue weighted by Crippen LogP contribution is -2.55. The van der Waals surface area contributed by atoms with Gasteiger partial charge in [0.05, 0.1) is 29.4 Å². The van der Waals surface area contributed by atoms with Crippen molar-refractivity contribution in [2.45, 2.75) is 24.3 Å². The van der Waals surface area contributed by atoms with Crippen LogP contribution in [-0.2, 0) is 14.8 Å². The van der Waals surface area contributed by atoms with Gasteiger partial charge in [-0.15, -0.1) is 0 Å². The molecule has 0 bridgehead atoms. The van der Waals surface area contributed by atoms with Crippen molar-refractivity contribution in [2.75, 3.05) is 25.5 Å². The molecule has 2 rings (SSSR count). The van der Waals surface area contributed by atoms with E-state index in [9.17, 15) is 18.5 Å². The van der Waals surface area contributed by atoms with E-state index in [4.69, 9.17) is 10.5 Å². The normalized spacial score (nSPS) is 19.3. The van der Waals surface area contributed by atoms with Crippen LogP contribution in [0.5, 0.6) is 0 Å². The van der Waals surface area contributed by atoms with Crippen LogP contribution in [-0.4, -0.2) is 42.9 Å². The standard InChI is InChI=1S/C12H17N3O5S/c1-12(2)8-20-6-5-14(12)21(18,19)11-4-3-9(15(16)17)7-10(11)13/h3-4,7H,5-6,8,13H2,1-2H3. The molecule has 1 aliphatic rings. The van der Waals surface area contributed by atoms with Gasteiger partial charge in [0.15, 0.2) is 0 Å². The largest absolute Gasteiger partial charge is 0.397 e. The summed E-state index contributed by atoms with van der Waals surface area (Å²) in [5.74, 6) is 0. The first-order chi connectivity index (χ1) is 9.66. The zero-order chi connectivity index (χ0) is 15.8. The number of nitrogens with two attached hydrogens (primary N) is 1. The smallest absolute Gasteiger partial charge is 0.271 e. The van der Waals surface area contributed by atoms with Crippen LogP contribution in [0.1, 0.15) is 13.8 Å². The molecule has 2 N–H and O–H groups in total. The molecular weight excluding hydrogens is 298 g/mol. The van der Waals surface area contributed by atoms with Gasteiger partial charge in [-0.3, -0.25) is 10.1 Å². The van der Waals surface area contributed by atoms with Crippen LogP contribution in [0.3, 0.4) is 0 Å². The molecule has 0 spiro atoms. The van der Waals surface area contributed by atoms with Crippen LogP contribution in [0.2, 0.25) is 0 Å². The summed E-state index contributed by atoms with van der Waals surface area (Å²) >= 11 is 0.